The van der Waals surface area contributed by atoms with Gasteiger partial charge in [-0.1, -0.05) is 26.3 Å². The number of carbonyl (C=O) groups excluding carboxylic acids is 3. The molecule has 0 N–H and O–H groups in total. The van der Waals surface area contributed by atoms with E-state index in [1.807, 2.05) is 13.8 Å². The van der Waals surface area contributed by atoms with Crippen LogP contribution >= 0.6 is 0 Å². The SMILES string of the molecule is CC(=O)O[C@@H]1C[C@@H](OC(C)=O)C2(C)C3C(=O)C=C(C)C2C3C1(C)C. The smallest absolute Gasteiger partial charge is 0.302 e. The van der Waals surface area contributed by atoms with Crippen LogP contribution in [0.15, 0.2) is 11.6 Å². The Labute approximate surface area is 142 Å². The van der Waals surface area contributed by atoms with Gasteiger partial charge in [0.1, 0.15) is 12.2 Å². The predicted octanol–water partition coefficient (Wildman–Crippen LogP) is 2.68. The number of ketones is 1. The van der Waals surface area contributed by atoms with Gasteiger partial charge < -0.3 is 9.47 Å². The first kappa shape index (κ1) is 17.2. The van der Waals surface area contributed by atoms with Crippen LogP contribution in [-0.4, -0.2) is 29.9 Å². The molecule has 0 aromatic heterocycles. The first-order valence-corrected chi connectivity index (χ1v) is 8.57. The molecule has 0 aromatic carbocycles. The lowest BCUT2D eigenvalue weighted by atomic mass is 9.37. The van der Waals surface area contributed by atoms with E-state index in [4.69, 9.17) is 9.47 Å². The van der Waals surface area contributed by atoms with Crippen molar-refractivity contribution in [2.75, 3.05) is 0 Å². The molecule has 3 fully saturated rings. The maximum atomic E-state index is 12.7. The number of fused-ring (bicyclic) bond motifs is 3. The molecular formula is C19H26O5. The van der Waals surface area contributed by atoms with Crippen molar-refractivity contribution in [1.82, 2.24) is 0 Å². The number of carbonyl (C=O) groups is 3. The lowest BCUT2D eigenvalue weighted by Gasteiger charge is -2.65. The second kappa shape index (κ2) is 5.17. The van der Waals surface area contributed by atoms with Crippen LogP contribution in [0.2, 0.25) is 0 Å². The van der Waals surface area contributed by atoms with Crippen molar-refractivity contribution in [2.24, 2.45) is 28.6 Å². The van der Waals surface area contributed by atoms with Gasteiger partial charge in [-0.25, -0.2) is 0 Å². The van der Waals surface area contributed by atoms with Gasteiger partial charge in [-0.2, -0.15) is 0 Å². The molecule has 0 heterocycles. The summed E-state index contributed by atoms with van der Waals surface area (Å²) in [6.07, 6.45) is 1.37. The Hall–Kier alpha value is -1.65. The number of esters is 2. The summed E-state index contributed by atoms with van der Waals surface area (Å²) in [6.45, 7) is 10.9. The summed E-state index contributed by atoms with van der Waals surface area (Å²) in [7, 11) is 0. The van der Waals surface area contributed by atoms with E-state index in [0.29, 0.717) is 6.42 Å². The lowest BCUT2D eigenvalue weighted by molar-refractivity contribution is -0.203. The Morgan fingerprint density at radius 2 is 1.58 bits per heavy atom. The van der Waals surface area contributed by atoms with E-state index in [1.165, 1.54) is 13.8 Å². The molecule has 4 aliphatic rings. The molecule has 4 aliphatic carbocycles. The van der Waals surface area contributed by atoms with Crippen LogP contribution in [0, 0.1) is 28.6 Å². The Kier molecular flexibility index (Phi) is 3.70. The van der Waals surface area contributed by atoms with Gasteiger partial charge in [0.2, 0.25) is 0 Å². The zero-order chi connectivity index (χ0) is 18.0. The van der Waals surface area contributed by atoms with Crippen LogP contribution in [0.3, 0.4) is 0 Å². The van der Waals surface area contributed by atoms with E-state index in [9.17, 15) is 14.4 Å². The van der Waals surface area contributed by atoms with Crippen molar-refractivity contribution in [3.05, 3.63) is 11.6 Å². The highest BCUT2D eigenvalue weighted by Crippen LogP contribution is 2.72. The fraction of sp³-hybridized carbons (Fsp3) is 0.737. The average Bonchev–Trinajstić information content (AvgIpc) is 2.50. The van der Waals surface area contributed by atoms with Gasteiger partial charge in [0.15, 0.2) is 5.78 Å². The Morgan fingerprint density at radius 3 is 2.08 bits per heavy atom. The van der Waals surface area contributed by atoms with Crippen LogP contribution < -0.4 is 0 Å². The number of rotatable bonds is 2. The summed E-state index contributed by atoms with van der Waals surface area (Å²) < 4.78 is 11.3. The molecule has 3 saturated carbocycles. The maximum absolute atomic E-state index is 12.7. The van der Waals surface area contributed by atoms with Gasteiger partial charge in [-0.05, 0) is 24.8 Å². The molecule has 0 aromatic rings. The van der Waals surface area contributed by atoms with Gasteiger partial charge in [0, 0.05) is 37.0 Å². The average molecular weight is 334 g/mol. The topological polar surface area (TPSA) is 69.7 Å². The van der Waals surface area contributed by atoms with E-state index >= 15 is 0 Å². The molecule has 4 bridgehead atoms. The minimum atomic E-state index is -0.431. The van der Waals surface area contributed by atoms with Gasteiger partial charge in [0.25, 0.3) is 0 Å². The van der Waals surface area contributed by atoms with Crippen LogP contribution in [0.4, 0.5) is 0 Å². The molecule has 6 atom stereocenters. The molecule has 4 rings (SSSR count). The Balaban J connectivity index is 2.11. The summed E-state index contributed by atoms with van der Waals surface area (Å²) in [5.74, 6) is -0.520. The van der Waals surface area contributed by atoms with Gasteiger partial charge >= 0.3 is 11.9 Å². The predicted molar refractivity (Wildman–Crippen MR) is 86.8 cm³/mol. The molecule has 0 aliphatic heterocycles. The van der Waals surface area contributed by atoms with Crippen LogP contribution in [0.5, 0.6) is 0 Å². The summed E-state index contributed by atoms with van der Waals surface area (Å²) in [5.41, 5.74) is 0.266. The van der Waals surface area contributed by atoms with E-state index < -0.39 is 11.5 Å². The zero-order valence-corrected chi connectivity index (χ0v) is 15.2. The number of allylic oxidation sites excluding steroid dienone is 2. The molecule has 24 heavy (non-hydrogen) atoms. The molecule has 4 unspecified atom stereocenters. The minimum Gasteiger partial charge on any atom is -0.462 e. The van der Waals surface area contributed by atoms with E-state index in [0.717, 1.165) is 5.57 Å². The van der Waals surface area contributed by atoms with Crippen molar-refractivity contribution in [2.45, 2.75) is 60.2 Å². The second-order valence-corrected chi connectivity index (χ2v) is 8.39. The van der Waals surface area contributed by atoms with Crippen LogP contribution in [0.1, 0.15) is 48.0 Å². The lowest BCUT2D eigenvalue weighted by Crippen LogP contribution is -2.67. The fourth-order valence-electron chi connectivity index (χ4n) is 5.70. The molecule has 0 radical (unpaired) electrons. The van der Waals surface area contributed by atoms with Crippen molar-refractivity contribution in [1.29, 1.82) is 0 Å². The highest BCUT2D eigenvalue weighted by atomic mass is 16.6. The largest absolute Gasteiger partial charge is 0.462 e. The molecule has 5 heteroatoms. The standard InChI is InChI=1S/C19H26O5/c1-9-7-12(22)16-17-15(9)19(16,6)14(24-11(3)21)8-13(18(17,4)5)23-10(2)20/h7,13-17H,8H2,1-6H3/t13-,14-,15?,16?,17?,19?/m1/s1. The van der Waals surface area contributed by atoms with Crippen LogP contribution in [-0.2, 0) is 23.9 Å². The first-order chi connectivity index (χ1) is 11.0. The van der Waals surface area contributed by atoms with Crippen molar-refractivity contribution < 1.29 is 23.9 Å². The highest BCUT2D eigenvalue weighted by molar-refractivity contribution is 5.96. The van der Waals surface area contributed by atoms with Gasteiger partial charge in [-0.15, -0.1) is 0 Å². The number of hydrogen-bond acceptors (Lipinski definition) is 5. The molecule has 132 valence electrons. The normalized spacial score (nSPS) is 42.3. The zero-order valence-electron chi connectivity index (χ0n) is 15.2. The van der Waals surface area contributed by atoms with E-state index in [-0.39, 0.29) is 47.0 Å². The van der Waals surface area contributed by atoms with E-state index in [2.05, 4.69) is 13.8 Å². The molecule has 0 spiro atoms. The molecule has 0 amide bonds. The minimum absolute atomic E-state index is 0.102. The third-order valence-electron chi connectivity index (χ3n) is 6.65. The molecular weight excluding hydrogens is 308 g/mol. The number of ether oxygens (including phenoxy) is 2. The Morgan fingerprint density at radius 1 is 1.04 bits per heavy atom. The first-order valence-electron chi connectivity index (χ1n) is 8.57. The monoisotopic (exact) mass is 334 g/mol. The quantitative estimate of drug-likeness (QED) is 0.726. The maximum Gasteiger partial charge on any atom is 0.302 e. The summed E-state index contributed by atoms with van der Waals surface area (Å²) in [4.78, 5) is 36.0. The number of hydrogen-bond donors (Lipinski definition) is 0. The van der Waals surface area contributed by atoms with E-state index in [1.54, 1.807) is 6.08 Å². The summed E-state index contributed by atoms with van der Waals surface area (Å²) in [5, 5.41) is 0. The third kappa shape index (κ3) is 2.09. The summed E-state index contributed by atoms with van der Waals surface area (Å²) in [6, 6.07) is 0. The highest BCUT2D eigenvalue weighted by Gasteiger charge is 2.74. The second-order valence-electron chi connectivity index (χ2n) is 8.39. The Bertz CT molecular complexity index is 646. The van der Waals surface area contributed by atoms with Crippen molar-refractivity contribution in [3.63, 3.8) is 0 Å². The van der Waals surface area contributed by atoms with Crippen molar-refractivity contribution in [3.8, 4) is 0 Å². The third-order valence-corrected chi connectivity index (χ3v) is 6.65. The van der Waals surface area contributed by atoms with Crippen LogP contribution in [0.25, 0.3) is 0 Å². The summed E-state index contributed by atoms with van der Waals surface area (Å²) >= 11 is 0. The van der Waals surface area contributed by atoms with Gasteiger partial charge in [-0.3, -0.25) is 14.4 Å². The molecule has 0 saturated heterocycles. The fourth-order valence-corrected chi connectivity index (χ4v) is 5.70. The van der Waals surface area contributed by atoms with Gasteiger partial charge in [0.05, 0.1) is 0 Å². The van der Waals surface area contributed by atoms with Crippen molar-refractivity contribution >= 4 is 17.7 Å². The molecule has 5 nitrogen and oxygen atoms in total.